The maximum Gasteiger partial charge on any atom is 0.244 e. The molecule has 0 aliphatic carbocycles. The third-order valence-corrected chi connectivity index (χ3v) is 5.12. The van der Waals surface area contributed by atoms with Gasteiger partial charge in [-0.3, -0.25) is 4.98 Å². The molecular formula is C13H13BrClN3O2S. The molecule has 5 nitrogen and oxygen atoms in total. The number of hydrogen-bond acceptors (Lipinski definition) is 4. The van der Waals surface area contributed by atoms with E-state index < -0.39 is 10.0 Å². The lowest BCUT2D eigenvalue weighted by Crippen LogP contribution is -2.25. The molecule has 0 unspecified atom stereocenters. The van der Waals surface area contributed by atoms with Crippen LogP contribution in [0, 0.1) is 0 Å². The molecule has 0 spiro atoms. The summed E-state index contributed by atoms with van der Waals surface area (Å²) in [7, 11) is -3.75. The third-order valence-electron chi connectivity index (χ3n) is 2.86. The van der Waals surface area contributed by atoms with Gasteiger partial charge < -0.3 is 0 Å². The molecule has 0 aliphatic rings. The Labute approximate surface area is 137 Å². The zero-order valence-electron chi connectivity index (χ0n) is 11.2. The molecule has 21 heavy (non-hydrogen) atoms. The summed E-state index contributed by atoms with van der Waals surface area (Å²) >= 11 is 9.04. The van der Waals surface area contributed by atoms with Crippen LogP contribution in [-0.4, -0.2) is 18.4 Å². The zero-order valence-corrected chi connectivity index (χ0v) is 14.3. The number of nitrogens with one attached hydrogen (secondary N) is 1. The van der Waals surface area contributed by atoms with Gasteiger partial charge in [0, 0.05) is 16.9 Å². The number of sulfonamides is 1. The Balaban J connectivity index is 2.24. The fraction of sp³-hybridized carbons (Fsp3) is 0.231. The first-order valence-electron chi connectivity index (χ1n) is 6.17. The smallest absolute Gasteiger partial charge is 0.244 e. The molecule has 0 aromatic carbocycles. The minimum atomic E-state index is -3.75. The van der Waals surface area contributed by atoms with Crippen LogP contribution < -0.4 is 4.72 Å². The second-order valence-corrected chi connectivity index (χ2v) is 7.24. The van der Waals surface area contributed by atoms with E-state index in [9.17, 15) is 8.42 Å². The lowest BCUT2D eigenvalue weighted by molar-refractivity contribution is 0.579. The molecule has 8 heteroatoms. The molecule has 112 valence electrons. The van der Waals surface area contributed by atoms with Gasteiger partial charge in [0.05, 0.1) is 12.2 Å². The predicted octanol–water partition coefficient (Wildman–Crippen LogP) is 2.93. The Kier molecular flexibility index (Phi) is 5.32. The quantitative estimate of drug-likeness (QED) is 0.797. The minimum absolute atomic E-state index is 0.0625. The minimum Gasteiger partial charge on any atom is -0.260 e. The molecule has 0 radical (unpaired) electrons. The van der Waals surface area contributed by atoms with Crippen molar-refractivity contribution < 1.29 is 8.42 Å². The van der Waals surface area contributed by atoms with Crippen molar-refractivity contribution in [2.75, 3.05) is 0 Å². The number of hydrogen-bond donors (Lipinski definition) is 1. The van der Waals surface area contributed by atoms with Gasteiger partial charge in [0.15, 0.2) is 0 Å². The molecule has 0 saturated carbocycles. The van der Waals surface area contributed by atoms with Crippen molar-refractivity contribution in [1.82, 2.24) is 14.7 Å². The van der Waals surface area contributed by atoms with Crippen LogP contribution in [0.1, 0.15) is 18.2 Å². The number of pyridine rings is 2. The lowest BCUT2D eigenvalue weighted by atomic mass is 10.1. The van der Waals surface area contributed by atoms with Crippen LogP contribution in [0.3, 0.4) is 0 Å². The molecule has 0 saturated heterocycles. The van der Waals surface area contributed by atoms with Crippen molar-refractivity contribution in [3.05, 3.63) is 51.5 Å². The maximum atomic E-state index is 12.3. The van der Waals surface area contributed by atoms with Crippen molar-refractivity contribution in [2.24, 2.45) is 0 Å². The first-order chi connectivity index (χ1) is 9.94. The van der Waals surface area contributed by atoms with Crippen LogP contribution in [0.5, 0.6) is 0 Å². The van der Waals surface area contributed by atoms with Crippen molar-refractivity contribution in [3.8, 4) is 0 Å². The van der Waals surface area contributed by atoms with Crippen LogP contribution in [-0.2, 0) is 23.0 Å². The molecule has 2 heterocycles. The lowest BCUT2D eigenvalue weighted by Gasteiger charge is -2.10. The molecule has 0 amide bonds. The Morgan fingerprint density at radius 2 is 2.14 bits per heavy atom. The van der Waals surface area contributed by atoms with Crippen molar-refractivity contribution >= 4 is 37.6 Å². The van der Waals surface area contributed by atoms with E-state index in [1.807, 2.05) is 19.1 Å². The fourth-order valence-corrected chi connectivity index (χ4v) is 3.72. The average molecular weight is 391 g/mol. The average Bonchev–Trinajstić information content (AvgIpc) is 2.48. The number of rotatable bonds is 5. The topological polar surface area (TPSA) is 72.0 Å². The summed E-state index contributed by atoms with van der Waals surface area (Å²) in [5.41, 5.74) is 1.70. The Hall–Kier alpha value is -1.02. The van der Waals surface area contributed by atoms with Crippen LogP contribution in [0.2, 0.25) is 5.15 Å². The Bertz CT molecular complexity index is 753. The van der Waals surface area contributed by atoms with E-state index in [2.05, 4.69) is 30.6 Å². The van der Waals surface area contributed by atoms with Gasteiger partial charge in [0.1, 0.15) is 10.0 Å². The highest BCUT2D eigenvalue weighted by molar-refractivity contribution is 9.10. The van der Waals surface area contributed by atoms with E-state index in [0.29, 0.717) is 10.2 Å². The summed E-state index contributed by atoms with van der Waals surface area (Å²) < 4.78 is 27.6. The highest BCUT2D eigenvalue weighted by Crippen LogP contribution is 2.22. The molecule has 0 aliphatic heterocycles. The van der Waals surface area contributed by atoms with Crippen molar-refractivity contribution in [3.63, 3.8) is 0 Å². The van der Waals surface area contributed by atoms with Crippen LogP contribution in [0.15, 0.2) is 40.0 Å². The number of halogens is 2. The third kappa shape index (κ3) is 4.00. The van der Waals surface area contributed by atoms with E-state index in [0.717, 1.165) is 12.0 Å². The molecule has 0 bridgehead atoms. The summed E-state index contributed by atoms with van der Waals surface area (Å²) in [4.78, 5) is 7.96. The van der Waals surface area contributed by atoms with E-state index in [-0.39, 0.29) is 16.6 Å². The Morgan fingerprint density at radius 3 is 2.86 bits per heavy atom. The normalized spacial score (nSPS) is 11.6. The molecule has 2 aromatic heterocycles. The van der Waals surface area contributed by atoms with Crippen LogP contribution >= 0.6 is 27.5 Å². The summed E-state index contributed by atoms with van der Waals surface area (Å²) in [6.07, 6.45) is 3.86. The van der Waals surface area contributed by atoms with E-state index in [1.165, 1.54) is 12.3 Å². The number of aryl methyl sites for hydroxylation is 1. The van der Waals surface area contributed by atoms with Gasteiger partial charge in [0.25, 0.3) is 0 Å². The van der Waals surface area contributed by atoms with Gasteiger partial charge in [-0.15, -0.1) is 0 Å². The second kappa shape index (κ2) is 6.83. The van der Waals surface area contributed by atoms with Gasteiger partial charge in [0.2, 0.25) is 10.0 Å². The molecule has 0 fully saturated rings. The number of aromatic nitrogens is 2. The summed E-state index contributed by atoms with van der Waals surface area (Å²) in [6, 6.07) is 5.16. The molecular weight excluding hydrogens is 378 g/mol. The summed E-state index contributed by atoms with van der Waals surface area (Å²) in [5.74, 6) is 0. The SMILES string of the molecule is CCc1cccnc1CNS(=O)(=O)c1cc(Br)cnc1Cl. The van der Waals surface area contributed by atoms with E-state index in [4.69, 9.17) is 11.6 Å². The maximum absolute atomic E-state index is 12.3. The molecule has 0 atom stereocenters. The zero-order chi connectivity index (χ0) is 15.5. The van der Waals surface area contributed by atoms with Gasteiger partial charge >= 0.3 is 0 Å². The van der Waals surface area contributed by atoms with Crippen LogP contribution in [0.25, 0.3) is 0 Å². The molecule has 2 rings (SSSR count). The van der Waals surface area contributed by atoms with Gasteiger partial charge in [-0.1, -0.05) is 24.6 Å². The van der Waals surface area contributed by atoms with Gasteiger partial charge in [-0.25, -0.2) is 18.1 Å². The first kappa shape index (κ1) is 16.4. The molecule has 1 N–H and O–H groups in total. The Morgan fingerprint density at radius 1 is 1.38 bits per heavy atom. The highest BCUT2D eigenvalue weighted by atomic mass is 79.9. The summed E-state index contributed by atoms with van der Waals surface area (Å²) in [6.45, 7) is 2.10. The van der Waals surface area contributed by atoms with Gasteiger partial charge in [-0.05, 0) is 40.0 Å². The first-order valence-corrected chi connectivity index (χ1v) is 8.83. The van der Waals surface area contributed by atoms with Gasteiger partial charge in [-0.2, -0.15) is 0 Å². The standard InChI is InChI=1S/C13H13BrClN3O2S/c1-2-9-4-3-5-16-11(9)8-18-21(19,20)12-6-10(14)7-17-13(12)15/h3-7,18H,2,8H2,1H3. The summed E-state index contributed by atoms with van der Waals surface area (Å²) in [5, 5.41) is -0.0672. The monoisotopic (exact) mass is 389 g/mol. The molecule has 2 aromatic rings. The van der Waals surface area contributed by atoms with Crippen molar-refractivity contribution in [2.45, 2.75) is 24.8 Å². The van der Waals surface area contributed by atoms with Crippen molar-refractivity contribution in [1.29, 1.82) is 0 Å². The largest absolute Gasteiger partial charge is 0.260 e. The van der Waals surface area contributed by atoms with Crippen LogP contribution in [0.4, 0.5) is 0 Å². The highest BCUT2D eigenvalue weighted by Gasteiger charge is 2.19. The van der Waals surface area contributed by atoms with E-state index >= 15 is 0 Å². The number of nitrogens with zero attached hydrogens (tertiary/aromatic N) is 2. The van der Waals surface area contributed by atoms with E-state index in [1.54, 1.807) is 6.20 Å². The fourth-order valence-electron chi connectivity index (χ4n) is 1.79. The predicted molar refractivity (Wildman–Crippen MR) is 84.6 cm³/mol. The second-order valence-electron chi connectivity index (χ2n) is 4.23.